The standard InChI is InChI=1S/C30H31F3N6O3S/c1-43(41,42)39-14-13-37(12-2-3-24(39)15-20-4-6-21(31)7-5-20)30(40)27-19-38(29-11-9-23(17-34)35-36-29)18-26(27)25-10-8-22(32)16-28(25)33/h4-11,16,24,26-27H,2-3,12-15,18-19H2,1H3. The van der Waals surface area contributed by atoms with Crippen LogP contribution >= 0.6 is 0 Å². The van der Waals surface area contributed by atoms with Gasteiger partial charge >= 0.3 is 0 Å². The van der Waals surface area contributed by atoms with E-state index in [0.29, 0.717) is 31.6 Å². The molecule has 0 radical (unpaired) electrons. The largest absolute Gasteiger partial charge is 0.354 e. The van der Waals surface area contributed by atoms with Crippen molar-refractivity contribution in [3.8, 4) is 6.07 Å². The molecule has 0 saturated carbocycles. The zero-order chi connectivity index (χ0) is 30.7. The van der Waals surface area contributed by atoms with Crippen LogP contribution in [0.15, 0.2) is 54.6 Å². The van der Waals surface area contributed by atoms with E-state index in [1.165, 1.54) is 28.6 Å². The Morgan fingerprint density at radius 3 is 2.37 bits per heavy atom. The zero-order valence-corrected chi connectivity index (χ0v) is 24.4. The molecule has 3 aromatic rings. The Morgan fingerprint density at radius 1 is 0.977 bits per heavy atom. The number of benzene rings is 2. The van der Waals surface area contributed by atoms with Crippen molar-refractivity contribution in [3.05, 3.63) is 88.9 Å². The van der Waals surface area contributed by atoms with Gasteiger partial charge in [-0.3, -0.25) is 4.79 Å². The molecule has 2 saturated heterocycles. The van der Waals surface area contributed by atoms with Gasteiger partial charge in [0.05, 0.1) is 12.2 Å². The summed E-state index contributed by atoms with van der Waals surface area (Å²) in [6.45, 7) is 0.978. The second-order valence-corrected chi connectivity index (χ2v) is 12.9. The second kappa shape index (κ2) is 12.7. The average molecular weight is 613 g/mol. The van der Waals surface area contributed by atoms with E-state index in [-0.39, 0.29) is 55.2 Å². The molecule has 1 amide bonds. The smallest absolute Gasteiger partial charge is 0.228 e. The number of halogens is 3. The molecule has 2 aliphatic heterocycles. The predicted octanol–water partition coefficient (Wildman–Crippen LogP) is 3.48. The summed E-state index contributed by atoms with van der Waals surface area (Å²) >= 11 is 0. The van der Waals surface area contributed by atoms with E-state index in [0.717, 1.165) is 24.0 Å². The van der Waals surface area contributed by atoms with E-state index < -0.39 is 33.5 Å². The maximum atomic E-state index is 15.0. The van der Waals surface area contributed by atoms with Crippen LogP contribution in [0.5, 0.6) is 0 Å². The summed E-state index contributed by atoms with van der Waals surface area (Å²) < 4.78 is 69.3. The molecule has 2 fully saturated rings. The highest BCUT2D eigenvalue weighted by atomic mass is 32.2. The summed E-state index contributed by atoms with van der Waals surface area (Å²) in [5.41, 5.74) is 1.15. The topological polar surface area (TPSA) is 110 Å². The summed E-state index contributed by atoms with van der Waals surface area (Å²) in [5, 5.41) is 17.0. The van der Waals surface area contributed by atoms with Crippen molar-refractivity contribution in [1.82, 2.24) is 19.4 Å². The molecule has 0 aliphatic carbocycles. The number of nitrogens with zero attached hydrogens (tertiary/aromatic N) is 6. The van der Waals surface area contributed by atoms with Crippen LogP contribution in [0.2, 0.25) is 0 Å². The summed E-state index contributed by atoms with van der Waals surface area (Å²) in [6.07, 6.45) is 2.56. The SMILES string of the molecule is CS(=O)(=O)N1CCN(C(=O)C2CN(c3ccc(C#N)nn3)CC2c2ccc(F)cc2F)CCCC1Cc1ccc(F)cc1. The van der Waals surface area contributed by atoms with Gasteiger partial charge in [-0.25, -0.2) is 21.6 Å². The molecule has 0 bridgehead atoms. The van der Waals surface area contributed by atoms with Crippen molar-refractivity contribution in [1.29, 1.82) is 5.26 Å². The first-order valence-electron chi connectivity index (χ1n) is 14.0. The lowest BCUT2D eigenvalue weighted by atomic mass is 9.87. The van der Waals surface area contributed by atoms with Gasteiger partial charge in [0.1, 0.15) is 23.5 Å². The van der Waals surface area contributed by atoms with Crippen molar-refractivity contribution in [3.63, 3.8) is 0 Å². The minimum atomic E-state index is -3.64. The van der Waals surface area contributed by atoms with Gasteiger partial charge < -0.3 is 9.80 Å². The first-order chi connectivity index (χ1) is 20.5. The van der Waals surface area contributed by atoms with E-state index in [9.17, 15) is 22.0 Å². The van der Waals surface area contributed by atoms with E-state index >= 15 is 4.39 Å². The minimum absolute atomic E-state index is 0.0730. The van der Waals surface area contributed by atoms with Crippen LogP contribution in [0, 0.1) is 34.7 Å². The molecule has 13 heteroatoms. The Labute approximate surface area is 248 Å². The maximum absolute atomic E-state index is 15.0. The molecule has 0 spiro atoms. The van der Waals surface area contributed by atoms with Gasteiger partial charge in [0.2, 0.25) is 15.9 Å². The number of hydrogen-bond acceptors (Lipinski definition) is 7. The van der Waals surface area contributed by atoms with Gasteiger partial charge in [-0.2, -0.15) is 9.57 Å². The molecular formula is C30H31F3N6O3S. The Hall–Kier alpha value is -4.02. The quantitative estimate of drug-likeness (QED) is 0.419. The van der Waals surface area contributed by atoms with Gasteiger partial charge in [0.25, 0.3) is 0 Å². The molecule has 43 heavy (non-hydrogen) atoms. The van der Waals surface area contributed by atoms with Crippen LogP contribution in [0.1, 0.15) is 35.6 Å². The highest BCUT2D eigenvalue weighted by Crippen LogP contribution is 2.37. The Balaban J connectivity index is 1.38. The third kappa shape index (κ3) is 6.97. The number of hydrogen-bond donors (Lipinski definition) is 0. The molecule has 3 unspecified atom stereocenters. The van der Waals surface area contributed by atoms with Crippen molar-refractivity contribution in [2.45, 2.75) is 31.2 Å². The Bertz CT molecular complexity index is 1620. The number of amides is 1. The van der Waals surface area contributed by atoms with Crippen LogP contribution in [0.25, 0.3) is 0 Å². The predicted molar refractivity (Wildman–Crippen MR) is 153 cm³/mol. The molecule has 1 aromatic heterocycles. The third-order valence-electron chi connectivity index (χ3n) is 8.17. The van der Waals surface area contributed by atoms with Crippen LogP contribution in [-0.4, -0.2) is 78.7 Å². The Kier molecular flexibility index (Phi) is 8.98. The lowest BCUT2D eigenvalue weighted by Gasteiger charge is -2.36. The molecule has 2 aromatic carbocycles. The molecule has 0 N–H and O–H groups in total. The lowest BCUT2D eigenvalue weighted by Crippen LogP contribution is -2.50. The number of carbonyl (C=O) groups excluding carboxylic acids is 1. The van der Waals surface area contributed by atoms with Crippen LogP contribution in [0.3, 0.4) is 0 Å². The zero-order valence-electron chi connectivity index (χ0n) is 23.5. The van der Waals surface area contributed by atoms with Gasteiger partial charge in [-0.1, -0.05) is 18.2 Å². The first kappa shape index (κ1) is 30.4. The van der Waals surface area contributed by atoms with Gasteiger partial charge in [-0.05, 0) is 60.7 Å². The molecule has 5 rings (SSSR count). The number of rotatable bonds is 6. The fourth-order valence-electron chi connectivity index (χ4n) is 6.08. The normalized spacial score (nSPS) is 21.7. The van der Waals surface area contributed by atoms with E-state index in [1.54, 1.807) is 28.0 Å². The Morgan fingerprint density at radius 2 is 1.72 bits per heavy atom. The number of nitriles is 1. The number of carbonyl (C=O) groups is 1. The summed E-state index contributed by atoms with van der Waals surface area (Å²) in [7, 11) is -3.64. The minimum Gasteiger partial charge on any atom is -0.354 e. The number of sulfonamides is 1. The van der Waals surface area contributed by atoms with Crippen molar-refractivity contribution < 1.29 is 26.4 Å². The third-order valence-corrected chi connectivity index (χ3v) is 9.51. The highest BCUT2D eigenvalue weighted by Gasteiger charge is 2.43. The van der Waals surface area contributed by atoms with Crippen LogP contribution < -0.4 is 4.90 Å². The fraction of sp³-hybridized carbons (Fsp3) is 0.400. The average Bonchev–Trinajstić information content (AvgIpc) is 3.40. The molecule has 9 nitrogen and oxygen atoms in total. The number of aromatic nitrogens is 2. The van der Waals surface area contributed by atoms with E-state index in [4.69, 9.17) is 5.26 Å². The van der Waals surface area contributed by atoms with Gasteiger partial charge in [-0.15, -0.1) is 10.2 Å². The number of anilines is 1. The van der Waals surface area contributed by atoms with Gasteiger partial charge in [0.15, 0.2) is 11.5 Å². The molecule has 3 heterocycles. The van der Waals surface area contributed by atoms with Crippen LogP contribution in [-0.2, 0) is 21.2 Å². The summed E-state index contributed by atoms with van der Waals surface area (Å²) in [5.74, 6) is -3.05. The maximum Gasteiger partial charge on any atom is 0.228 e. The monoisotopic (exact) mass is 612 g/mol. The molecule has 2 aliphatic rings. The van der Waals surface area contributed by atoms with Gasteiger partial charge in [0, 0.05) is 50.7 Å². The second-order valence-electron chi connectivity index (χ2n) is 11.0. The first-order valence-corrected chi connectivity index (χ1v) is 15.8. The van der Waals surface area contributed by atoms with E-state index in [2.05, 4.69) is 10.2 Å². The van der Waals surface area contributed by atoms with Crippen molar-refractivity contribution >= 4 is 21.7 Å². The molecular weight excluding hydrogens is 581 g/mol. The van der Waals surface area contributed by atoms with E-state index in [1.807, 2.05) is 6.07 Å². The lowest BCUT2D eigenvalue weighted by molar-refractivity contribution is -0.135. The van der Waals surface area contributed by atoms with Crippen molar-refractivity contribution in [2.75, 3.05) is 43.9 Å². The molecule has 226 valence electrons. The fourth-order valence-corrected chi connectivity index (χ4v) is 7.21. The van der Waals surface area contributed by atoms with Crippen molar-refractivity contribution in [2.24, 2.45) is 5.92 Å². The van der Waals surface area contributed by atoms with Crippen LogP contribution in [0.4, 0.5) is 19.0 Å². The summed E-state index contributed by atoms with van der Waals surface area (Å²) in [6, 6.07) is 13.9. The molecule has 3 atom stereocenters. The summed E-state index contributed by atoms with van der Waals surface area (Å²) in [4.78, 5) is 17.5. The highest BCUT2D eigenvalue weighted by molar-refractivity contribution is 7.88.